The van der Waals surface area contributed by atoms with Crippen molar-refractivity contribution in [1.29, 1.82) is 0 Å². The lowest BCUT2D eigenvalue weighted by Gasteiger charge is -2.29. The SMILES string of the molecule is CC(C)CN(C(=O)c1cccs1)[C@H]1CCS(=O)(=O)C1. The van der Waals surface area contributed by atoms with Crippen molar-refractivity contribution in [3.05, 3.63) is 22.4 Å². The Morgan fingerprint density at radius 1 is 1.53 bits per heavy atom. The maximum atomic E-state index is 12.5. The van der Waals surface area contributed by atoms with Gasteiger partial charge in [-0.25, -0.2) is 8.42 Å². The zero-order chi connectivity index (χ0) is 14.0. The number of thiophene rings is 1. The molecule has 106 valence electrons. The highest BCUT2D eigenvalue weighted by Crippen LogP contribution is 2.22. The lowest BCUT2D eigenvalue weighted by molar-refractivity contribution is 0.0677. The van der Waals surface area contributed by atoms with Gasteiger partial charge in [0.1, 0.15) is 0 Å². The summed E-state index contributed by atoms with van der Waals surface area (Å²) in [4.78, 5) is 14.9. The van der Waals surface area contributed by atoms with Crippen LogP contribution in [-0.4, -0.2) is 43.3 Å². The summed E-state index contributed by atoms with van der Waals surface area (Å²) in [6, 6.07) is 3.47. The van der Waals surface area contributed by atoms with E-state index in [-0.39, 0.29) is 23.5 Å². The molecule has 0 N–H and O–H groups in total. The largest absolute Gasteiger partial charge is 0.334 e. The predicted octanol–water partition coefficient (Wildman–Crippen LogP) is 2.03. The summed E-state index contributed by atoms with van der Waals surface area (Å²) in [5.74, 6) is 0.596. The van der Waals surface area contributed by atoms with Crippen LogP contribution < -0.4 is 0 Å². The molecule has 1 aliphatic heterocycles. The highest BCUT2D eigenvalue weighted by Gasteiger charge is 2.35. The van der Waals surface area contributed by atoms with E-state index in [0.717, 1.165) is 0 Å². The van der Waals surface area contributed by atoms with Crippen molar-refractivity contribution >= 4 is 27.1 Å². The van der Waals surface area contributed by atoms with Crippen molar-refractivity contribution in [1.82, 2.24) is 4.90 Å². The number of carbonyl (C=O) groups excluding carboxylic acids is 1. The topological polar surface area (TPSA) is 54.5 Å². The highest BCUT2D eigenvalue weighted by molar-refractivity contribution is 7.91. The molecule has 4 nitrogen and oxygen atoms in total. The summed E-state index contributed by atoms with van der Waals surface area (Å²) in [7, 11) is -2.97. The zero-order valence-electron chi connectivity index (χ0n) is 11.2. The second-order valence-corrected chi connectivity index (χ2v) is 8.56. The minimum absolute atomic E-state index is 0.0363. The minimum atomic E-state index is -2.97. The van der Waals surface area contributed by atoms with Gasteiger partial charge in [0.2, 0.25) is 0 Å². The van der Waals surface area contributed by atoms with Gasteiger partial charge in [-0.2, -0.15) is 0 Å². The molecule has 0 bridgehead atoms. The van der Waals surface area contributed by atoms with E-state index in [4.69, 9.17) is 0 Å². The first-order chi connectivity index (χ1) is 8.89. The summed E-state index contributed by atoms with van der Waals surface area (Å²) in [5, 5.41) is 1.87. The van der Waals surface area contributed by atoms with Crippen LogP contribution in [-0.2, 0) is 9.84 Å². The summed E-state index contributed by atoms with van der Waals surface area (Å²) in [6.07, 6.45) is 0.562. The molecular formula is C13H19NO3S2. The van der Waals surface area contributed by atoms with Crippen LogP contribution in [0.3, 0.4) is 0 Å². The monoisotopic (exact) mass is 301 g/mol. The van der Waals surface area contributed by atoms with Crippen LogP contribution in [0.2, 0.25) is 0 Å². The van der Waals surface area contributed by atoms with E-state index in [9.17, 15) is 13.2 Å². The van der Waals surface area contributed by atoms with Gasteiger partial charge in [-0.15, -0.1) is 11.3 Å². The van der Waals surface area contributed by atoms with Crippen LogP contribution in [0.1, 0.15) is 29.9 Å². The fourth-order valence-corrected chi connectivity index (χ4v) is 4.76. The third-order valence-electron chi connectivity index (χ3n) is 3.20. The Morgan fingerprint density at radius 3 is 2.74 bits per heavy atom. The van der Waals surface area contributed by atoms with Crippen LogP contribution in [0.4, 0.5) is 0 Å². The summed E-state index contributed by atoms with van der Waals surface area (Å²) < 4.78 is 23.2. The van der Waals surface area contributed by atoms with Crippen molar-refractivity contribution in [3.8, 4) is 0 Å². The highest BCUT2D eigenvalue weighted by atomic mass is 32.2. The van der Waals surface area contributed by atoms with Crippen LogP contribution in [0.5, 0.6) is 0 Å². The van der Waals surface area contributed by atoms with Gasteiger partial charge < -0.3 is 4.90 Å². The average Bonchev–Trinajstić information content (AvgIpc) is 2.94. The minimum Gasteiger partial charge on any atom is -0.334 e. The average molecular weight is 301 g/mol. The molecule has 1 amide bonds. The Morgan fingerprint density at radius 2 is 2.26 bits per heavy atom. The Hall–Kier alpha value is -0.880. The lowest BCUT2D eigenvalue weighted by atomic mass is 10.1. The fraction of sp³-hybridized carbons (Fsp3) is 0.615. The van der Waals surface area contributed by atoms with Gasteiger partial charge in [0.25, 0.3) is 5.91 Å². The van der Waals surface area contributed by atoms with E-state index >= 15 is 0 Å². The molecule has 0 radical (unpaired) electrons. The predicted molar refractivity (Wildman–Crippen MR) is 77.3 cm³/mol. The lowest BCUT2D eigenvalue weighted by Crippen LogP contribution is -2.43. The summed E-state index contributed by atoms with van der Waals surface area (Å²) in [6.45, 7) is 4.69. The van der Waals surface area contributed by atoms with Crippen LogP contribution in [0, 0.1) is 5.92 Å². The molecule has 1 atom stereocenters. The molecule has 1 aromatic rings. The molecule has 6 heteroatoms. The van der Waals surface area contributed by atoms with Gasteiger partial charge in [-0.1, -0.05) is 19.9 Å². The summed E-state index contributed by atoms with van der Waals surface area (Å²) >= 11 is 1.40. The fourth-order valence-electron chi connectivity index (χ4n) is 2.35. The van der Waals surface area contributed by atoms with E-state index < -0.39 is 9.84 Å². The molecule has 2 heterocycles. The maximum absolute atomic E-state index is 12.5. The van der Waals surface area contributed by atoms with Gasteiger partial charge in [-0.3, -0.25) is 4.79 Å². The number of sulfone groups is 1. The van der Waals surface area contributed by atoms with Crippen LogP contribution >= 0.6 is 11.3 Å². The Kier molecular flexibility index (Phi) is 4.30. The van der Waals surface area contributed by atoms with E-state index in [1.165, 1.54) is 11.3 Å². The third-order valence-corrected chi connectivity index (χ3v) is 5.81. The quantitative estimate of drug-likeness (QED) is 0.855. The zero-order valence-corrected chi connectivity index (χ0v) is 12.8. The molecule has 1 fully saturated rings. The van der Waals surface area contributed by atoms with Gasteiger partial charge >= 0.3 is 0 Å². The second kappa shape index (κ2) is 5.63. The van der Waals surface area contributed by atoms with Crippen molar-refractivity contribution in [2.75, 3.05) is 18.1 Å². The normalized spacial score (nSPS) is 21.7. The molecule has 1 saturated heterocycles. The molecule has 0 spiro atoms. The van der Waals surface area contributed by atoms with Gasteiger partial charge in [-0.05, 0) is 23.8 Å². The molecule has 0 unspecified atom stereocenters. The van der Waals surface area contributed by atoms with Crippen molar-refractivity contribution in [2.24, 2.45) is 5.92 Å². The second-order valence-electron chi connectivity index (χ2n) is 5.39. The first-order valence-corrected chi connectivity index (χ1v) is 9.14. The van der Waals surface area contributed by atoms with Gasteiger partial charge in [0.05, 0.1) is 16.4 Å². The first kappa shape index (κ1) is 14.5. The van der Waals surface area contributed by atoms with Gasteiger partial charge in [0.15, 0.2) is 9.84 Å². The van der Waals surface area contributed by atoms with Gasteiger partial charge in [0, 0.05) is 12.6 Å². The van der Waals surface area contributed by atoms with Crippen LogP contribution in [0.25, 0.3) is 0 Å². The number of nitrogens with zero attached hydrogens (tertiary/aromatic N) is 1. The number of amides is 1. The van der Waals surface area contributed by atoms with Crippen molar-refractivity contribution in [3.63, 3.8) is 0 Å². The van der Waals surface area contributed by atoms with Crippen molar-refractivity contribution < 1.29 is 13.2 Å². The van der Waals surface area contributed by atoms with E-state index in [2.05, 4.69) is 0 Å². The Balaban J connectivity index is 2.19. The molecule has 0 aliphatic carbocycles. The Labute approximate surface area is 118 Å². The molecule has 1 aromatic heterocycles. The third kappa shape index (κ3) is 3.57. The van der Waals surface area contributed by atoms with Crippen LogP contribution in [0.15, 0.2) is 17.5 Å². The first-order valence-electron chi connectivity index (χ1n) is 6.44. The molecule has 0 aromatic carbocycles. The molecule has 0 saturated carbocycles. The smallest absolute Gasteiger partial charge is 0.264 e. The maximum Gasteiger partial charge on any atom is 0.264 e. The number of hydrogen-bond donors (Lipinski definition) is 0. The van der Waals surface area contributed by atoms with E-state index in [1.54, 1.807) is 11.0 Å². The van der Waals surface area contributed by atoms with E-state index in [0.29, 0.717) is 23.8 Å². The Bertz CT molecular complexity index is 534. The molecular weight excluding hydrogens is 282 g/mol. The molecule has 2 rings (SSSR count). The number of rotatable bonds is 4. The molecule has 19 heavy (non-hydrogen) atoms. The number of hydrogen-bond acceptors (Lipinski definition) is 4. The van der Waals surface area contributed by atoms with E-state index in [1.807, 2.05) is 25.3 Å². The number of carbonyl (C=O) groups is 1. The standard InChI is InChI=1S/C13H19NO3S2/c1-10(2)8-14(11-5-7-19(16,17)9-11)13(15)12-4-3-6-18-12/h3-4,6,10-11H,5,7-9H2,1-2H3/t11-/m0/s1. The molecule has 1 aliphatic rings. The van der Waals surface area contributed by atoms with Crippen molar-refractivity contribution in [2.45, 2.75) is 26.3 Å². The summed E-state index contributed by atoms with van der Waals surface area (Å²) in [5.41, 5.74) is 0.